The maximum Gasteiger partial charge on any atom is 0.325 e. The van der Waals surface area contributed by atoms with Crippen LogP contribution in [0.15, 0.2) is 54.6 Å². The summed E-state index contributed by atoms with van der Waals surface area (Å²) < 4.78 is 17.9. The van der Waals surface area contributed by atoms with Gasteiger partial charge in [-0.15, -0.1) is 0 Å². The van der Waals surface area contributed by atoms with Crippen molar-refractivity contribution in [2.45, 2.75) is 12.5 Å². The third kappa shape index (κ3) is 4.57. The smallest absolute Gasteiger partial charge is 0.325 e. The minimum Gasteiger partial charge on any atom is -0.468 e. The van der Waals surface area contributed by atoms with Crippen molar-refractivity contribution < 1.29 is 23.5 Å². The van der Waals surface area contributed by atoms with Gasteiger partial charge in [0.2, 0.25) is 5.91 Å². The van der Waals surface area contributed by atoms with Gasteiger partial charge in [0.05, 0.1) is 19.2 Å². The van der Waals surface area contributed by atoms with E-state index >= 15 is 0 Å². The number of nitrogens with one attached hydrogen (secondary N) is 1. The van der Waals surface area contributed by atoms with Crippen LogP contribution in [-0.4, -0.2) is 47.5 Å². The molecule has 0 spiro atoms. The Bertz CT molecular complexity index is 937. The van der Waals surface area contributed by atoms with Crippen LogP contribution in [0, 0.1) is 5.82 Å². The lowest BCUT2D eigenvalue weighted by atomic mass is 10.1. The van der Waals surface area contributed by atoms with Crippen LogP contribution in [-0.2, 0) is 19.1 Å². The minimum absolute atomic E-state index is 0.0459. The molecule has 1 aliphatic heterocycles. The molecular formula is C20H18FN3O4S. The number of rotatable bonds is 6. The molecule has 0 unspecified atom stereocenters. The van der Waals surface area contributed by atoms with Crippen LogP contribution >= 0.6 is 12.2 Å². The Kier molecular flexibility index (Phi) is 6.18. The zero-order valence-electron chi connectivity index (χ0n) is 15.5. The number of anilines is 2. The monoisotopic (exact) mass is 415 g/mol. The second-order valence-corrected chi connectivity index (χ2v) is 6.64. The molecule has 1 aliphatic rings. The van der Waals surface area contributed by atoms with Crippen molar-refractivity contribution in [3.8, 4) is 0 Å². The Balaban J connectivity index is 1.84. The summed E-state index contributed by atoms with van der Waals surface area (Å²) in [7, 11) is 1.22. The largest absolute Gasteiger partial charge is 0.468 e. The number of esters is 1. The van der Waals surface area contributed by atoms with Gasteiger partial charge in [-0.3, -0.25) is 19.3 Å². The fraction of sp³-hybridized carbons (Fsp3) is 0.200. The molecule has 29 heavy (non-hydrogen) atoms. The lowest BCUT2D eigenvalue weighted by molar-refractivity contribution is -0.141. The van der Waals surface area contributed by atoms with Crippen LogP contribution in [0.5, 0.6) is 0 Å². The zero-order valence-corrected chi connectivity index (χ0v) is 16.3. The third-order valence-corrected chi connectivity index (χ3v) is 4.78. The fourth-order valence-corrected chi connectivity index (χ4v) is 3.34. The summed E-state index contributed by atoms with van der Waals surface area (Å²) in [4.78, 5) is 39.9. The third-order valence-electron chi connectivity index (χ3n) is 4.37. The van der Waals surface area contributed by atoms with Gasteiger partial charge in [0.1, 0.15) is 18.4 Å². The molecule has 0 bridgehead atoms. The maximum atomic E-state index is 13.3. The molecule has 1 atom stereocenters. The first-order chi connectivity index (χ1) is 13.9. The molecule has 9 heteroatoms. The van der Waals surface area contributed by atoms with Crippen LogP contribution in [0.4, 0.5) is 15.8 Å². The van der Waals surface area contributed by atoms with Crippen LogP contribution in [0.2, 0.25) is 0 Å². The number of ether oxygens (including phenoxy) is 1. The van der Waals surface area contributed by atoms with Gasteiger partial charge in [-0.1, -0.05) is 18.2 Å². The Hall–Kier alpha value is -3.33. The first-order valence-electron chi connectivity index (χ1n) is 8.72. The number of amides is 2. The van der Waals surface area contributed by atoms with E-state index in [-0.39, 0.29) is 18.1 Å². The predicted octanol–water partition coefficient (Wildman–Crippen LogP) is 2.33. The van der Waals surface area contributed by atoms with Crippen LogP contribution in [0.3, 0.4) is 0 Å². The lowest BCUT2D eigenvalue weighted by Gasteiger charge is -2.22. The van der Waals surface area contributed by atoms with Crippen molar-refractivity contribution in [3.63, 3.8) is 0 Å². The normalized spacial score (nSPS) is 16.1. The van der Waals surface area contributed by atoms with Crippen molar-refractivity contribution in [1.29, 1.82) is 0 Å². The standard InChI is InChI=1S/C20H18FN3O4S/c1-28-18(26)12-23-16(11-17(25)22-14-5-3-2-4-6-14)19(27)24(20(23)29)15-9-7-13(21)8-10-15/h2-10,16H,11-12H2,1H3,(H,22,25)/t16-/m0/s1. The number of carbonyl (C=O) groups is 3. The number of halogens is 1. The Morgan fingerprint density at radius 3 is 2.41 bits per heavy atom. The zero-order chi connectivity index (χ0) is 21.0. The number of methoxy groups -OCH3 is 1. The highest BCUT2D eigenvalue weighted by atomic mass is 32.1. The molecule has 0 aliphatic carbocycles. The molecule has 0 aromatic heterocycles. The highest BCUT2D eigenvalue weighted by molar-refractivity contribution is 7.80. The summed E-state index contributed by atoms with van der Waals surface area (Å²) in [6.07, 6.45) is -0.220. The lowest BCUT2D eigenvalue weighted by Crippen LogP contribution is -2.41. The highest BCUT2D eigenvalue weighted by Gasteiger charge is 2.45. The van der Waals surface area contributed by atoms with Gasteiger partial charge in [0.25, 0.3) is 5.91 Å². The molecule has 3 rings (SSSR count). The van der Waals surface area contributed by atoms with Crippen LogP contribution < -0.4 is 10.2 Å². The van der Waals surface area contributed by atoms with E-state index in [9.17, 15) is 18.8 Å². The first kappa shape index (κ1) is 20.4. The molecule has 0 radical (unpaired) electrons. The molecule has 2 aromatic rings. The highest BCUT2D eigenvalue weighted by Crippen LogP contribution is 2.27. The molecule has 150 valence electrons. The van der Waals surface area contributed by atoms with E-state index in [1.54, 1.807) is 24.3 Å². The van der Waals surface area contributed by atoms with E-state index in [0.717, 1.165) is 0 Å². The van der Waals surface area contributed by atoms with Crippen LogP contribution in [0.1, 0.15) is 6.42 Å². The molecule has 2 amide bonds. The molecule has 1 fully saturated rings. The summed E-state index contributed by atoms with van der Waals surface area (Å²) in [5.74, 6) is -1.95. The van der Waals surface area contributed by atoms with Gasteiger partial charge >= 0.3 is 5.97 Å². The van der Waals surface area contributed by atoms with Gasteiger partial charge in [-0.25, -0.2) is 4.39 Å². The number of thiocarbonyl (C=S) groups is 1. The maximum absolute atomic E-state index is 13.3. The predicted molar refractivity (Wildman–Crippen MR) is 109 cm³/mol. The Labute approximate surface area is 172 Å². The van der Waals surface area contributed by atoms with E-state index in [1.165, 1.54) is 41.2 Å². The van der Waals surface area contributed by atoms with Crippen LogP contribution in [0.25, 0.3) is 0 Å². The summed E-state index contributed by atoms with van der Waals surface area (Å²) in [6, 6.07) is 13.0. The van der Waals surface area contributed by atoms with Gasteiger partial charge in [-0.05, 0) is 48.6 Å². The number of para-hydroxylation sites is 1. The number of hydrogen-bond donors (Lipinski definition) is 1. The van der Waals surface area contributed by atoms with Gasteiger partial charge in [0.15, 0.2) is 5.11 Å². The average Bonchev–Trinajstić information content (AvgIpc) is 2.93. The second-order valence-electron chi connectivity index (χ2n) is 6.27. The molecular weight excluding hydrogens is 397 g/mol. The fourth-order valence-electron chi connectivity index (χ4n) is 2.95. The molecule has 7 nitrogen and oxygen atoms in total. The summed E-state index contributed by atoms with van der Waals surface area (Å²) in [5, 5.41) is 2.75. The quantitative estimate of drug-likeness (QED) is 0.576. The van der Waals surface area contributed by atoms with E-state index in [1.807, 2.05) is 6.07 Å². The van der Waals surface area contributed by atoms with E-state index in [0.29, 0.717) is 11.4 Å². The van der Waals surface area contributed by atoms with Gasteiger partial charge in [-0.2, -0.15) is 0 Å². The molecule has 1 N–H and O–H groups in total. The molecule has 1 saturated heterocycles. The number of carbonyl (C=O) groups excluding carboxylic acids is 3. The molecule has 0 saturated carbocycles. The average molecular weight is 415 g/mol. The SMILES string of the molecule is COC(=O)CN1C(=S)N(c2ccc(F)cc2)C(=O)[C@@H]1CC(=O)Nc1ccccc1. The van der Waals surface area contributed by atoms with E-state index in [4.69, 9.17) is 12.2 Å². The summed E-state index contributed by atoms with van der Waals surface area (Å²) in [6.45, 7) is -0.290. The van der Waals surface area contributed by atoms with Gasteiger partial charge in [0, 0.05) is 5.69 Å². The molecule has 1 heterocycles. The number of nitrogens with zero attached hydrogens (tertiary/aromatic N) is 2. The van der Waals surface area contributed by atoms with Crippen molar-refractivity contribution in [2.75, 3.05) is 23.9 Å². The topological polar surface area (TPSA) is 79.0 Å². The minimum atomic E-state index is -0.990. The van der Waals surface area contributed by atoms with Crippen molar-refractivity contribution in [2.24, 2.45) is 0 Å². The molecule has 2 aromatic carbocycles. The van der Waals surface area contributed by atoms with E-state index < -0.39 is 29.6 Å². The van der Waals surface area contributed by atoms with Crippen molar-refractivity contribution in [3.05, 3.63) is 60.4 Å². The number of hydrogen-bond acceptors (Lipinski definition) is 5. The van der Waals surface area contributed by atoms with Crippen molar-refractivity contribution in [1.82, 2.24) is 4.90 Å². The first-order valence-corrected chi connectivity index (χ1v) is 9.13. The van der Waals surface area contributed by atoms with Crippen molar-refractivity contribution >= 4 is 46.5 Å². The number of benzene rings is 2. The van der Waals surface area contributed by atoms with E-state index in [2.05, 4.69) is 10.1 Å². The second kappa shape index (κ2) is 8.78. The Morgan fingerprint density at radius 2 is 1.79 bits per heavy atom. The van der Waals surface area contributed by atoms with Gasteiger partial charge < -0.3 is 15.0 Å². The summed E-state index contributed by atoms with van der Waals surface area (Å²) in [5.41, 5.74) is 0.933. The summed E-state index contributed by atoms with van der Waals surface area (Å²) >= 11 is 5.38. The Morgan fingerprint density at radius 1 is 1.14 bits per heavy atom.